The number of carbonyl (C=O) groups is 1. The number of nitrogens with one attached hydrogen (secondary N) is 1. The number of halogens is 3. The Morgan fingerprint density at radius 3 is 2.63 bits per heavy atom. The van der Waals surface area contributed by atoms with E-state index in [0.29, 0.717) is 5.92 Å². The molecule has 3 rings (SSSR count). The van der Waals surface area contributed by atoms with Crippen molar-refractivity contribution in [3.63, 3.8) is 0 Å². The number of amides is 1. The van der Waals surface area contributed by atoms with E-state index in [2.05, 4.69) is 33.4 Å². The Hall–Kier alpha value is -1.23. The highest BCUT2D eigenvalue weighted by molar-refractivity contribution is 9.10. The molecular weight excluding hydrogens is 316 g/mol. The summed E-state index contributed by atoms with van der Waals surface area (Å²) < 4.78 is 27.0. The van der Waals surface area contributed by atoms with Crippen molar-refractivity contribution in [2.75, 3.05) is 5.32 Å². The van der Waals surface area contributed by atoms with Gasteiger partial charge in [0.2, 0.25) is 5.91 Å². The predicted octanol–water partition coefficient (Wildman–Crippen LogP) is 3.88. The van der Waals surface area contributed by atoms with E-state index in [-0.39, 0.29) is 27.9 Å². The Morgan fingerprint density at radius 2 is 2.00 bits per heavy atom. The lowest BCUT2D eigenvalue weighted by Crippen LogP contribution is -2.26. The minimum absolute atomic E-state index is 0.0471. The minimum atomic E-state index is -0.639. The van der Waals surface area contributed by atoms with Gasteiger partial charge in [0.1, 0.15) is 11.6 Å². The van der Waals surface area contributed by atoms with Crippen LogP contribution in [0, 0.1) is 29.4 Å². The number of benzene rings is 1. The molecule has 1 amide bonds. The smallest absolute Gasteiger partial charge is 0.228 e. The maximum Gasteiger partial charge on any atom is 0.228 e. The Bertz CT molecular complexity index is 573. The SMILES string of the molecule is O=C(Nc1cc(F)c(Br)cc1F)C1CC2C=CC1C2. The summed E-state index contributed by atoms with van der Waals surface area (Å²) in [5.41, 5.74) is -0.0996. The zero-order valence-corrected chi connectivity index (χ0v) is 11.6. The van der Waals surface area contributed by atoms with Gasteiger partial charge < -0.3 is 5.32 Å². The second-order valence-corrected chi connectivity index (χ2v) is 5.98. The molecule has 100 valence electrons. The normalized spacial score (nSPS) is 27.8. The summed E-state index contributed by atoms with van der Waals surface area (Å²) in [6.45, 7) is 0. The molecule has 2 aliphatic carbocycles. The molecule has 5 heteroatoms. The van der Waals surface area contributed by atoms with Gasteiger partial charge in [0, 0.05) is 12.0 Å². The van der Waals surface area contributed by atoms with Gasteiger partial charge in [-0.2, -0.15) is 0 Å². The van der Waals surface area contributed by atoms with E-state index < -0.39 is 11.6 Å². The summed E-state index contributed by atoms with van der Waals surface area (Å²) in [6.07, 6.45) is 5.98. The summed E-state index contributed by atoms with van der Waals surface area (Å²) in [6, 6.07) is 2.02. The van der Waals surface area contributed by atoms with Crippen LogP contribution in [0.3, 0.4) is 0 Å². The monoisotopic (exact) mass is 327 g/mol. The Labute approximate surface area is 118 Å². The molecule has 19 heavy (non-hydrogen) atoms. The quantitative estimate of drug-likeness (QED) is 0.648. The van der Waals surface area contributed by atoms with Gasteiger partial charge >= 0.3 is 0 Å². The molecule has 3 atom stereocenters. The van der Waals surface area contributed by atoms with Gasteiger partial charge in [-0.1, -0.05) is 12.2 Å². The number of carbonyl (C=O) groups excluding carboxylic acids is 1. The van der Waals surface area contributed by atoms with E-state index in [1.165, 1.54) is 0 Å². The molecule has 1 saturated carbocycles. The van der Waals surface area contributed by atoms with Crippen LogP contribution >= 0.6 is 15.9 Å². The van der Waals surface area contributed by atoms with Crippen LogP contribution in [0.2, 0.25) is 0 Å². The van der Waals surface area contributed by atoms with Crippen molar-refractivity contribution in [3.05, 3.63) is 40.4 Å². The van der Waals surface area contributed by atoms with Gasteiger partial charge in [0.15, 0.2) is 0 Å². The highest BCUT2D eigenvalue weighted by Crippen LogP contribution is 2.43. The molecule has 2 aliphatic rings. The number of hydrogen-bond acceptors (Lipinski definition) is 1. The number of allylic oxidation sites excluding steroid dienone is 2. The lowest BCUT2D eigenvalue weighted by molar-refractivity contribution is -0.120. The van der Waals surface area contributed by atoms with Crippen LogP contribution in [0.1, 0.15) is 12.8 Å². The second-order valence-electron chi connectivity index (χ2n) is 5.12. The number of anilines is 1. The zero-order chi connectivity index (χ0) is 13.6. The molecule has 0 aromatic heterocycles. The molecule has 0 saturated heterocycles. The predicted molar refractivity (Wildman–Crippen MR) is 71.5 cm³/mol. The molecule has 0 spiro atoms. The molecule has 1 N–H and O–H groups in total. The van der Waals surface area contributed by atoms with Crippen LogP contribution in [0.15, 0.2) is 28.8 Å². The third-order valence-electron chi connectivity index (χ3n) is 3.88. The van der Waals surface area contributed by atoms with Crippen molar-refractivity contribution in [1.29, 1.82) is 0 Å². The van der Waals surface area contributed by atoms with Crippen LogP contribution in [-0.4, -0.2) is 5.91 Å². The van der Waals surface area contributed by atoms with Crippen molar-refractivity contribution < 1.29 is 13.6 Å². The van der Waals surface area contributed by atoms with Crippen molar-refractivity contribution in [1.82, 2.24) is 0 Å². The fraction of sp³-hybridized carbons (Fsp3) is 0.357. The topological polar surface area (TPSA) is 29.1 Å². The van der Waals surface area contributed by atoms with E-state index in [1.807, 2.05) is 0 Å². The zero-order valence-electron chi connectivity index (χ0n) is 10.00. The molecule has 2 nitrogen and oxygen atoms in total. The highest BCUT2D eigenvalue weighted by Gasteiger charge is 2.39. The lowest BCUT2D eigenvalue weighted by Gasteiger charge is -2.18. The van der Waals surface area contributed by atoms with Crippen LogP contribution in [0.5, 0.6) is 0 Å². The van der Waals surface area contributed by atoms with E-state index >= 15 is 0 Å². The Morgan fingerprint density at radius 1 is 1.21 bits per heavy atom. The molecule has 1 aromatic rings. The van der Waals surface area contributed by atoms with Gasteiger partial charge in [-0.15, -0.1) is 0 Å². The first-order valence-electron chi connectivity index (χ1n) is 6.18. The molecule has 1 aromatic carbocycles. The van der Waals surface area contributed by atoms with Crippen LogP contribution in [-0.2, 0) is 4.79 Å². The number of fused-ring (bicyclic) bond motifs is 2. The highest BCUT2D eigenvalue weighted by atomic mass is 79.9. The summed E-state index contributed by atoms with van der Waals surface area (Å²) in [7, 11) is 0. The molecule has 1 fully saturated rings. The van der Waals surface area contributed by atoms with Gasteiger partial charge in [0.25, 0.3) is 0 Å². The summed E-state index contributed by atoms with van der Waals surface area (Å²) in [5, 5.41) is 2.50. The Balaban J connectivity index is 1.77. The summed E-state index contributed by atoms with van der Waals surface area (Å²) in [4.78, 5) is 12.1. The van der Waals surface area contributed by atoms with Crippen LogP contribution in [0.4, 0.5) is 14.5 Å². The molecular formula is C14H12BrF2NO. The van der Waals surface area contributed by atoms with Crippen molar-refractivity contribution >= 4 is 27.5 Å². The first kappa shape index (κ1) is 12.8. The Kier molecular flexibility index (Phi) is 3.17. The van der Waals surface area contributed by atoms with Crippen molar-refractivity contribution in [2.45, 2.75) is 12.8 Å². The maximum absolute atomic E-state index is 13.6. The third kappa shape index (κ3) is 2.31. The second kappa shape index (κ2) is 4.71. The van der Waals surface area contributed by atoms with Crippen LogP contribution in [0.25, 0.3) is 0 Å². The third-order valence-corrected chi connectivity index (χ3v) is 4.49. The standard InChI is InChI=1S/C14H12BrF2NO/c15-10-5-12(17)13(6-11(10)16)18-14(19)9-4-7-1-2-8(9)3-7/h1-2,5-9H,3-4H2,(H,18,19). The first-order valence-corrected chi connectivity index (χ1v) is 6.97. The van der Waals surface area contributed by atoms with Gasteiger partial charge in [-0.3, -0.25) is 4.79 Å². The fourth-order valence-corrected chi connectivity index (χ4v) is 3.24. The van der Waals surface area contributed by atoms with Gasteiger partial charge in [0.05, 0.1) is 10.2 Å². The average molecular weight is 328 g/mol. The number of hydrogen-bond donors (Lipinski definition) is 1. The molecule has 3 unspecified atom stereocenters. The van der Waals surface area contributed by atoms with Crippen molar-refractivity contribution in [2.24, 2.45) is 17.8 Å². The molecule has 0 radical (unpaired) electrons. The molecule has 0 heterocycles. The summed E-state index contributed by atoms with van der Waals surface area (Å²) >= 11 is 2.90. The maximum atomic E-state index is 13.6. The van der Waals surface area contributed by atoms with Crippen molar-refractivity contribution in [3.8, 4) is 0 Å². The van der Waals surface area contributed by atoms with E-state index in [9.17, 15) is 13.6 Å². The fourth-order valence-electron chi connectivity index (χ4n) is 2.93. The van der Waals surface area contributed by atoms with E-state index in [0.717, 1.165) is 25.0 Å². The van der Waals surface area contributed by atoms with E-state index in [4.69, 9.17) is 0 Å². The average Bonchev–Trinajstić information content (AvgIpc) is 2.98. The summed E-state index contributed by atoms with van der Waals surface area (Å²) in [5.74, 6) is -0.871. The number of rotatable bonds is 2. The van der Waals surface area contributed by atoms with E-state index in [1.54, 1.807) is 0 Å². The van der Waals surface area contributed by atoms with Gasteiger partial charge in [-0.25, -0.2) is 8.78 Å². The van der Waals surface area contributed by atoms with Gasteiger partial charge in [-0.05, 0) is 46.7 Å². The molecule has 2 bridgehead atoms. The largest absolute Gasteiger partial charge is 0.323 e. The van der Waals surface area contributed by atoms with Crippen LogP contribution < -0.4 is 5.32 Å². The lowest BCUT2D eigenvalue weighted by atomic mass is 9.93. The first-order chi connectivity index (χ1) is 9.04. The minimum Gasteiger partial charge on any atom is -0.323 e. The molecule has 0 aliphatic heterocycles.